The Labute approximate surface area is 59.1 Å². The summed E-state index contributed by atoms with van der Waals surface area (Å²) in [5.74, 6) is 0. The van der Waals surface area contributed by atoms with E-state index in [-0.39, 0.29) is 0 Å². The van der Waals surface area contributed by atoms with Gasteiger partial charge in [0.25, 0.3) is 0 Å². The SMILES string of the molecule is C1=C\OOOOCCCC/1. The molecule has 0 aromatic rings. The van der Waals surface area contributed by atoms with Crippen LogP contribution in [0.3, 0.4) is 0 Å². The van der Waals surface area contributed by atoms with E-state index in [2.05, 4.69) is 19.9 Å². The summed E-state index contributed by atoms with van der Waals surface area (Å²) in [7, 11) is 0. The molecule has 1 aliphatic heterocycles. The molecule has 58 valence electrons. The maximum Gasteiger partial charge on any atom is 0.129 e. The van der Waals surface area contributed by atoms with Gasteiger partial charge in [0.1, 0.15) is 6.26 Å². The van der Waals surface area contributed by atoms with Crippen molar-refractivity contribution in [1.82, 2.24) is 0 Å². The minimum absolute atomic E-state index is 0.539. The summed E-state index contributed by atoms with van der Waals surface area (Å²) in [5.41, 5.74) is 0. The van der Waals surface area contributed by atoms with Crippen molar-refractivity contribution in [3.05, 3.63) is 12.3 Å². The van der Waals surface area contributed by atoms with Crippen molar-refractivity contribution in [3.63, 3.8) is 0 Å². The second kappa shape index (κ2) is 5.22. The highest BCUT2D eigenvalue weighted by atomic mass is 17.7. The Bertz CT molecular complexity index is 89.9. The van der Waals surface area contributed by atoms with E-state index in [1.54, 1.807) is 0 Å². The molecule has 0 fully saturated rings. The number of allylic oxidation sites excluding steroid dienone is 1. The summed E-state index contributed by atoms with van der Waals surface area (Å²) in [6, 6.07) is 0. The fourth-order valence-electron chi connectivity index (χ4n) is 0.623. The maximum absolute atomic E-state index is 4.53. The molecular formula is C6H10O4. The van der Waals surface area contributed by atoms with Crippen LogP contribution in [0, 0.1) is 0 Å². The molecule has 0 unspecified atom stereocenters. The van der Waals surface area contributed by atoms with Crippen molar-refractivity contribution >= 4 is 0 Å². The largest absolute Gasteiger partial charge is 0.314 e. The Kier molecular flexibility index (Phi) is 3.93. The minimum Gasteiger partial charge on any atom is -0.314 e. The fraction of sp³-hybridized carbons (Fsp3) is 0.667. The third-order valence-electron chi connectivity index (χ3n) is 1.12. The molecule has 0 amide bonds. The molecule has 1 aliphatic rings. The molecule has 4 heteroatoms. The Morgan fingerprint density at radius 3 is 3.10 bits per heavy atom. The van der Waals surface area contributed by atoms with Crippen LogP contribution >= 0.6 is 0 Å². The molecule has 0 saturated heterocycles. The van der Waals surface area contributed by atoms with E-state index in [1.807, 2.05) is 6.08 Å². The van der Waals surface area contributed by atoms with E-state index in [4.69, 9.17) is 0 Å². The van der Waals surface area contributed by atoms with Gasteiger partial charge in [0.2, 0.25) is 0 Å². The lowest BCUT2D eigenvalue weighted by Gasteiger charge is -2.01. The van der Waals surface area contributed by atoms with Crippen molar-refractivity contribution in [2.45, 2.75) is 19.3 Å². The van der Waals surface area contributed by atoms with Crippen molar-refractivity contribution in [3.8, 4) is 0 Å². The van der Waals surface area contributed by atoms with E-state index in [9.17, 15) is 0 Å². The van der Waals surface area contributed by atoms with Gasteiger partial charge < -0.3 is 4.89 Å². The second-order valence-corrected chi connectivity index (χ2v) is 1.92. The van der Waals surface area contributed by atoms with E-state index >= 15 is 0 Å². The highest BCUT2D eigenvalue weighted by Gasteiger charge is 1.92. The average Bonchev–Trinajstić information content (AvgIpc) is 2.01. The molecule has 0 aromatic carbocycles. The summed E-state index contributed by atoms with van der Waals surface area (Å²) in [6.07, 6.45) is 6.31. The first-order valence-electron chi connectivity index (χ1n) is 3.27. The number of rotatable bonds is 0. The number of hydrogen-bond donors (Lipinski definition) is 0. The summed E-state index contributed by atoms with van der Waals surface area (Å²) in [5, 5.41) is 8.24. The molecule has 0 aromatic heterocycles. The Morgan fingerprint density at radius 1 is 1.10 bits per heavy atom. The molecule has 1 heterocycles. The molecule has 0 saturated carbocycles. The van der Waals surface area contributed by atoms with E-state index < -0.39 is 0 Å². The Balaban J connectivity index is 2.13. The molecule has 0 bridgehead atoms. The smallest absolute Gasteiger partial charge is 0.129 e. The van der Waals surface area contributed by atoms with Crippen LogP contribution in [0.25, 0.3) is 0 Å². The number of hydrogen-bond acceptors (Lipinski definition) is 4. The van der Waals surface area contributed by atoms with Crippen molar-refractivity contribution in [2.24, 2.45) is 0 Å². The second-order valence-electron chi connectivity index (χ2n) is 1.92. The van der Waals surface area contributed by atoms with Gasteiger partial charge in [0.05, 0.1) is 6.61 Å². The highest BCUT2D eigenvalue weighted by Crippen LogP contribution is 2.00. The molecule has 0 radical (unpaired) electrons. The van der Waals surface area contributed by atoms with Crippen molar-refractivity contribution < 1.29 is 19.9 Å². The first-order chi connectivity index (χ1) is 5.00. The Morgan fingerprint density at radius 2 is 2.10 bits per heavy atom. The standard InChI is InChI=1S/C6H10O4/c1-2-4-6-8-10-9-7-5-3-1/h3,5H,1-2,4,6H2/b5-3-. The monoisotopic (exact) mass is 146 g/mol. The zero-order chi connectivity index (χ0) is 7.07. The molecule has 0 N–H and O–H groups in total. The van der Waals surface area contributed by atoms with Crippen LogP contribution in [0.1, 0.15) is 19.3 Å². The topological polar surface area (TPSA) is 36.9 Å². The van der Waals surface area contributed by atoms with Gasteiger partial charge in [0, 0.05) is 5.04 Å². The molecule has 4 nitrogen and oxygen atoms in total. The van der Waals surface area contributed by atoms with Gasteiger partial charge in [-0.3, -0.25) is 0 Å². The van der Waals surface area contributed by atoms with E-state index in [0.717, 1.165) is 19.3 Å². The first-order valence-corrected chi connectivity index (χ1v) is 3.27. The van der Waals surface area contributed by atoms with Gasteiger partial charge in [-0.1, -0.05) is 0 Å². The normalized spacial score (nSPS) is 24.8. The predicted octanol–water partition coefficient (Wildman–Crippen LogP) is 1.50. The highest BCUT2D eigenvalue weighted by molar-refractivity contribution is 4.71. The quantitative estimate of drug-likeness (QED) is 0.485. The van der Waals surface area contributed by atoms with Gasteiger partial charge in [-0.25, -0.2) is 4.89 Å². The van der Waals surface area contributed by atoms with Gasteiger partial charge in [-0.05, 0) is 30.4 Å². The van der Waals surface area contributed by atoms with Gasteiger partial charge >= 0.3 is 0 Å². The lowest BCUT2D eigenvalue weighted by molar-refractivity contribution is -0.621. The van der Waals surface area contributed by atoms with Gasteiger partial charge in [-0.15, -0.1) is 0 Å². The zero-order valence-electron chi connectivity index (χ0n) is 5.62. The van der Waals surface area contributed by atoms with Crippen LogP contribution in [-0.4, -0.2) is 6.61 Å². The lowest BCUT2D eigenvalue weighted by atomic mass is 10.2. The van der Waals surface area contributed by atoms with Crippen LogP contribution in [0.5, 0.6) is 0 Å². The lowest BCUT2D eigenvalue weighted by Crippen LogP contribution is -1.98. The Hall–Kier alpha value is -0.580. The van der Waals surface area contributed by atoms with Crippen LogP contribution in [0.15, 0.2) is 12.3 Å². The van der Waals surface area contributed by atoms with E-state index in [0.29, 0.717) is 6.61 Å². The van der Waals surface area contributed by atoms with Gasteiger partial charge in [-0.2, -0.15) is 0 Å². The summed E-state index contributed by atoms with van der Waals surface area (Å²) in [4.78, 5) is 8.91. The van der Waals surface area contributed by atoms with Crippen LogP contribution in [0.2, 0.25) is 0 Å². The summed E-state index contributed by atoms with van der Waals surface area (Å²) < 4.78 is 0. The summed E-state index contributed by atoms with van der Waals surface area (Å²) >= 11 is 0. The van der Waals surface area contributed by atoms with Crippen molar-refractivity contribution in [2.75, 3.05) is 6.61 Å². The van der Waals surface area contributed by atoms with E-state index in [1.165, 1.54) is 6.26 Å². The minimum atomic E-state index is 0.539. The third-order valence-corrected chi connectivity index (χ3v) is 1.12. The predicted molar refractivity (Wildman–Crippen MR) is 32.2 cm³/mol. The molecular weight excluding hydrogens is 136 g/mol. The van der Waals surface area contributed by atoms with Crippen molar-refractivity contribution in [1.29, 1.82) is 0 Å². The van der Waals surface area contributed by atoms with Gasteiger partial charge in [0.15, 0.2) is 0 Å². The molecule has 1 rings (SSSR count). The molecule has 10 heavy (non-hydrogen) atoms. The molecule has 0 aliphatic carbocycles. The summed E-state index contributed by atoms with van der Waals surface area (Å²) in [6.45, 7) is 0.539. The fourth-order valence-corrected chi connectivity index (χ4v) is 0.623. The zero-order valence-corrected chi connectivity index (χ0v) is 5.62. The molecule has 0 atom stereocenters. The average molecular weight is 146 g/mol. The first kappa shape index (κ1) is 7.53. The van der Waals surface area contributed by atoms with Crippen LogP contribution < -0.4 is 0 Å². The third kappa shape index (κ3) is 3.45. The molecule has 0 spiro atoms. The van der Waals surface area contributed by atoms with Crippen LogP contribution in [-0.2, 0) is 19.9 Å². The maximum atomic E-state index is 4.53. The van der Waals surface area contributed by atoms with Crippen LogP contribution in [0.4, 0.5) is 0 Å².